The SMILES string of the molecule is C=C(/C=C1/CC=C2C(c3ccc4nc(C5CC6CCCCC6N5C(=O)C(OC)C(C)C)[nH]c4c3)=CC(C)(CC)C(CC)=C2CC1C)c1ccc2nc(C3CC4CCCCC4N3)[nH]c2c1. The first-order valence-electron chi connectivity index (χ1n) is 25.1. The van der Waals surface area contributed by atoms with Crippen LogP contribution in [0.5, 0.6) is 0 Å². The zero-order valence-electron chi connectivity index (χ0n) is 39.7. The molecule has 8 heteroatoms. The largest absolute Gasteiger partial charge is 0.371 e. The molecule has 10 rings (SSSR count). The summed E-state index contributed by atoms with van der Waals surface area (Å²) in [6, 6.07) is 14.6. The number of nitrogens with zero attached hydrogens (tertiary/aromatic N) is 3. The number of hydrogen-bond donors (Lipinski definition) is 3. The van der Waals surface area contributed by atoms with Gasteiger partial charge in [-0.3, -0.25) is 4.79 Å². The molecule has 1 amide bonds. The Hall–Kier alpha value is -4.53. The summed E-state index contributed by atoms with van der Waals surface area (Å²) in [7, 11) is 1.68. The van der Waals surface area contributed by atoms with Crippen LogP contribution in [0.25, 0.3) is 33.2 Å². The molecule has 2 aromatic carbocycles. The lowest BCUT2D eigenvalue weighted by Gasteiger charge is -2.38. The molecule has 2 aliphatic heterocycles. The van der Waals surface area contributed by atoms with Gasteiger partial charge in [-0.2, -0.15) is 0 Å². The molecule has 0 spiro atoms. The summed E-state index contributed by atoms with van der Waals surface area (Å²) in [6.45, 7) is 18.4. The minimum Gasteiger partial charge on any atom is -0.371 e. The summed E-state index contributed by atoms with van der Waals surface area (Å²) < 4.78 is 5.83. The van der Waals surface area contributed by atoms with E-state index in [1.54, 1.807) is 12.7 Å². The lowest BCUT2D eigenvalue weighted by atomic mass is 9.67. The van der Waals surface area contributed by atoms with Crippen LogP contribution >= 0.6 is 0 Å². The molecule has 3 N–H and O–H groups in total. The van der Waals surface area contributed by atoms with Crippen LogP contribution in [-0.2, 0) is 9.53 Å². The number of amides is 1. The maximum absolute atomic E-state index is 14.3. The predicted molar refractivity (Wildman–Crippen MR) is 261 cm³/mol. The summed E-state index contributed by atoms with van der Waals surface area (Å²) in [5, 5.41) is 3.91. The van der Waals surface area contributed by atoms with E-state index in [1.807, 2.05) is 0 Å². The van der Waals surface area contributed by atoms with Crippen LogP contribution in [0.1, 0.15) is 166 Å². The number of nitrogens with one attached hydrogen (secondary N) is 3. The monoisotopic (exact) mass is 861 g/mol. The van der Waals surface area contributed by atoms with Crippen LogP contribution in [0.15, 0.2) is 83.5 Å². The number of benzene rings is 2. The fraction of sp³-hybridized carbons (Fsp3) is 0.554. The normalized spacial score (nSPS) is 30.7. The zero-order chi connectivity index (χ0) is 44.4. The summed E-state index contributed by atoms with van der Waals surface area (Å²) in [6.07, 6.45) is 23.1. The smallest absolute Gasteiger partial charge is 0.252 e. The van der Waals surface area contributed by atoms with Crippen LogP contribution < -0.4 is 5.32 Å². The third-order valence-electron chi connectivity index (χ3n) is 16.9. The lowest BCUT2D eigenvalue weighted by Crippen LogP contribution is -2.47. The summed E-state index contributed by atoms with van der Waals surface area (Å²) in [4.78, 5) is 34.2. The van der Waals surface area contributed by atoms with Gasteiger partial charge in [0.25, 0.3) is 5.91 Å². The molecule has 0 bridgehead atoms. The first-order valence-corrected chi connectivity index (χ1v) is 25.1. The topological polar surface area (TPSA) is 98.9 Å². The highest BCUT2D eigenvalue weighted by Crippen LogP contribution is 2.52. The molecular formula is C56H72N6O2. The highest BCUT2D eigenvalue weighted by Gasteiger charge is 2.48. The van der Waals surface area contributed by atoms with Crippen molar-refractivity contribution in [3.05, 3.63) is 106 Å². The highest BCUT2D eigenvalue weighted by molar-refractivity contribution is 5.91. The third-order valence-corrected chi connectivity index (χ3v) is 16.9. The van der Waals surface area contributed by atoms with Gasteiger partial charge in [0.15, 0.2) is 0 Å². The van der Waals surface area contributed by atoms with E-state index in [9.17, 15) is 4.79 Å². The van der Waals surface area contributed by atoms with Crippen molar-refractivity contribution in [3.63, 3.8) is 0 Å². The first kappa shape index (κ1) is 43.4. The van der Waals surface area contributed by atoms with E-state index < -0.39 is 6.10 Å². The second kappa shape index (κ2) is 17.4. The zero-order valence-corrected chi connectivity index (χ0v) is 39.7. The highest BCUT2D eigenvalue weighted by atomic mass is 16.5. The van der Waals surface area contributed by atoms with Crippen molar-refractivity contribution in [1.82, 2.24) is 30.2 Å². The number of rotatable bonds is 10. The Balaban J connectivity index is 0.943. The Bertz CT molecular complexity index is 2570. The third kappa shape index (κ3) is 7.68. The average Bonchev–Trinajstić information content (AvgIpc) is 4.09. The standard InChI is InChI=1S/C56H72N6O2/c1-9-43-41-26-34(6)35(25-33(5)36-20-23-45-47(27-36)60-53(58-45)49-29-38-15-11-13-17-44(38)57-49)19-22-40(41)42(31-56(43,7)10-2)37-21-24-46-48(28-37)61-54(59-46)51-30-39-16-12-14-18-50(39)62(51)55(63)52(64-8)32(3)4/h20-25,27-28,31-32,34,38-39,44,49-52,57H,5,9-19,26,29-30H2,1-4,6-8H3,(H,58,60)(H,59,61)/b35-25-. The van der Waals surface area contributed by atoms with Gasteiger partial charge in [-0.05, 0) is 146 Å². The number of H-pyrrole nitrogens is 2. The van der Waals surface area contributed by atoms with Gasteiger partial charge in [0, 0.05) is 24.6 Å². The number of ether oxygens (including phenoxy) is 1. The Morgan fingerprint density at radius 2 is 1.66 bits per heavy atom. The van der Waals surface area contributed by atoms with Gasteiger partial charge in [0.05, 0.1) is 34.2 Å². The minimum absolute atomic E-state index is 0.0396. The number of likely N-dealkylation sites (tertiary alicyclic amines) is 1. The van der Waals surface area contributed by atoms with E-state index in [2.05, 4.69) is 123 Å². The fourth-order valence-electron chi connectivity index (χ4n) is 13.3. The van der Waals surface area contributed by atoms with Crippen LogP contribution in [-0.4, -0.2) is 56.0 Å². The molecule has 4 aromatic rings. The molecule has 0 radical (unpaired) electrons. The summed E-state index contributed by atoms with van der Waals surface area (Å²) in [5.74, 6) is 3.86. The van der Waals surface area contributed by atoms with Crippen LogP contribution in [0.4, 0.5) is 0 Å². The molecule has 9 atom stereocenters. The molecule has 9 unspecified atom stereocenters. The molecule has 338 valence electrons. The van der Waals surface area contributed by atoms with E-state index >= 15 is 0 Å². The Morgan fingerprint density at radius 1 is 0.938 bits per heavy atom. The number of methoxy groups -OCH3 is 1. The number of aromatic amines is 2. The predicted octanol–water partition coefficient (Wildman–Crippen LogP) is 13.1. The molecule has 64 heavy (non-hydrogen) atoms. The van der Waals surface area contributed by atoms with E-state index in [4.69, 9.17) is 14.7 Å². The number of allylic oxidation sites excluding steroid dienone is 9. The fourth-order valence-corrected chi connectivity index (χ4v) is 13.3. The number of aromatic nitrogens is 4. The van der Waals surface area contributed by atoms with Gasteiger partial charge in [-0.1, -0.05) is 115 Å². The van der Waals surface area contributed by atoms with Gasteiger partial charge in [-0.25, -0.2) is 9.97 Å². The molecule has 4 fully saturated rings. The van der Waals surface area contributed by atoms with E-state index in [-0.39, 0.29) is 29.3 Å². The molecule has 2 aromatic heterocycles. The van der Waals surface area contributed by atoms with Crippen molar-refractivity contribution < 1.29 is 9.53 Å². The van der Waals surface area contributed by atoms with E-state index in [0.717, 1.165) is 89.3 Å². The molecule has 4 aliphatic carbocycles. The number of fused-ring (bicyclic) bond motifs is 5. The quantitative estimate of drug-likeness (QED) is 0.147. The lowest BCUT2D eigenvalue weighted by molar-refractivity contribution is -0.148. The number of carbonyl (C=O) groups is 1. The van der Waals surface area contributed by atoms with Gasteiger partial charge in [0.1, 0.15) is 17.8 Å². The van der Waals surface area contributed by atoms with Crippen LogP contribution in [0.2, 0.25) is 0 Å². The maximum atomic E-state index is 14.3. The first-order chi connectivity index (χ1) is 31.0. The molecule has 6 aliphatic rings. The molecule has 8 nitrogen and oxygen atoms in total. The second-order valence-electron chi connectivity index (χ2n) is 21.1. The van der Waals surface area contributed by atoms with E-state index in [0.29, 0.717) is 23.9 Å². The molecule has 4 heterocycles. The average molecular weight is 861 g/mol. The van der Waals surface area contributed by atoms with Gasteiger partial charge >= 0.3 is 0 Å². The Morgan fingerprint density at radius 3 is 2.41 bits per heavy atom. The minimum atomic E-state index is -0.451. The van der Waals surface area contributed by atoms with E-state index in [1.165, 1.54) is 79.2 Å². The van der Waals surface area contributed by atoms with Crippen molar-refractivity contribution in [2.45, 2.75) is 162 Å². The van der Waals surface area contributed by atoms with Crippen LogP contribution in [0.3, 0.4) is 0 Å². The van der Waals surface area contributed by atoms with Gasteiger partial charge < -0.3 is 24.9 Å². The van der Waals surface area contributed by atoms with Crippen LogP contribution in [0, 0.1) is 29.1 Å². The Labute approximate surface area is 381 Å². The maximum Gasteiger partial charge on any atom is 0.252 e. The number of carbonyl (C=O) groups excluding carboxylic acids is 1. The number of imidazole rings is 2. The Kier molecular flexibility index (Phi) is 11.8. The van der Waals surface area contributed by atoms with Crippen molar-refractivity contribution in [3.8, 4) is 0 Å². The summed E-state index contributed by atoms with van der Waals surface area (Å²) >= 11 is 0. The molecule has 2 saturated heterocycles. The van der Waals surface area contributed by atoms with Gasteiger partial charge in [-0.15, -0.1) is 0 Å². The number of hydrogen-bond acceptors (Lipinski definition) is 5. The summed E-state index contributed by atoms with van der Waals surface area (Å²) in [5.41, 5.74) is 14.7. The van der Waals surface area contributed by atoms with Gasteiger partial charge in [0.2, 0.25) is 0 Å². The van der Waals surface area contributed by atoms with Crippen molar-refractivity contribution in [1.29, 1.82) is 0 Å². The second-order valence-corrected chi connectivity index (χ2v) is 21.1. The van der Waals surface area contributed by atoms with Crippen molar-refractivity contribution in [2.24, 2.45) is 29.1 Å². The van der Waals surface area contributed by atoms with Crippen molar-refractivity contribution >= 4 is 39.1 Å². The van der Waals surface area contributed by atoms with Crippen molar-refractivity contribution in [2.75, 3.05) is 7.11 Å². The molecular weight excluding hydrogens is 789 g/mol. The molecule has 2 saturated carbocycles.